The average Bonchev–Trinajstić information content (AvgIpc) is 3.21. The zero-order chi connectivity index (χ0) is 26.6. The summed E-state index contributed by atoms with van der Waals surface area (Å²) in [5.74, 6) is 2.42. The zero-order valence-corrected chi connectivity index (χ0v) is 22.3. The number of fused-ring (bicyclic) bond motifs is 9. The van der Waals surface area contributed by atoms with Crippen LogP contribution in [0.1, 0.15) is 36.2 Å². The third-order valence-corrected chi connectivity index (χ3v) is 8.87. The molecule has 0 spiro atoms. The predicted molar refractivity (Wildman–Crippen MR) is 161 cm³/mol. The lowest BCUT2D eigenvalue weighted by Gasteiger charge is -2.21. The maximum atomic E-state index is 6.32. The number of para-hydroxylation sites is 2. The van der Waals surface area contributed by atoms with Gasteiger partial charge < -0.3 is 4.74 Å². The Morgan fingerprint density at radius 1 is 0.750 bits per heavy atom. The number of benzene rings is 4. The fourth-order valence-electron chi connectivity index (χ4n) is 6.94. The Balaban J connectivity index is 1.39. The summed E-state index contributed by atoms with van der Waals surface area (Å²) in [5, 5.41) is 2.42. The fraction of sp³-hybridized carbons (Fsp3) is 0.111. The van der Waals surface area contributed by atoms with Crippen LogP contribution in [0.2, 0.25) is 0 Å². The molecule has 0 atom stereocenters. The minimum Gasteiger partial charge on any atom is -0.461 e. The van der Waals surface area contributed by atoms with Gasteiger partial charge in [0, 0.05) is 33.7 Å². The monoisotopic (exact) mass is 515 g/mol. The smallest absolute Gasteiger partial charge is 0.235 e. The van der Waals surface area contributed by atoms with Crippen LogP contribution in [0.15, 0.2) is 103 Å². The molecule has 40 heavy (non-hydrogen) atoms. The van der Waals surface area contributed by atoms with Gasteiger partial charge in [0.1, 0.15) is 11.5 Å². The normalized spacial score (nSPS) is 15.6. The summed E-state index contributed by atoms with van der Waals surface area (Å²) in [6.45, 7) is 4.66. The van der Waals surface area contributed by atoms with Gasteiger partial charge in [0.2, 0.25) is 5.95 Å². The first-order valence-electron chi connectivity index (χ1n) is 13.8. The second-order valence-electron chi connectivity index (χ2n) is 11.4. The van der Waals surface area contributed by atoms with Crippen LogP contribution in [0.5, 0.6) is 5.75 Å². The van der Waals surface area contributed by atoms with Gasteiger partial charge in [0.15, 0.2) is 0 Å². The molecule has 2 aliphatic carbocycles. The summed E-state index contributed by atoms with van der Waals surface area (Å²) in [5.41, 5.74) is 11.5. The molecule has 190 valence electrons. The third kappa shape index (κ3) is 2.80. The molecule has 3 heterocycles. The number of allylic oxidation sites excluding steroid dienone is 3. The van der Waals surface area contributed by atoms with Crippen LogP contribution < -0.4 is 4.74 Å². The average molecular weight is 516 g/mol. The molecule has 3 aliphatic rings. The maximum Gasteiger partial charge on any atom is 0.235 e. The van der Waals surface area contributed by atoms with Crippen molar-refractivity contribution >= 4 is 27.9 Å². The van der Waals surface area contributed by atoms with Gasteiger partial charge in [-0.2, -0.15) is 0 Å². The van der Waals surface area contributed by atoms with Gasteiger partial charge >= 0.3 is 0 Å². The highest BCUT2D eigenvalue weighted by molar-refractivity contribution is 6.11. The molecule has 2 bridgehead atoms. The van der Waals surface area contributed by atoms with Crippen LogP contribution in [-0.2, 0) is 11.8 Å². The van der Waals surface area contributed by atoms with E-state index in [4.69, 9.17) is 14.7 Å². The molecule has 0 radical (unpaired) electrons. The molecule has 0 unspecified atom stereocenters. The standard InChI is InChI=1S/C36H25N3O/c1-36(2)28-14-6-3-11-22(28)25-19-26-23-12-4-7-16-31(23)39(32(26)20-29(25)36)35-37-30-15-9-10-21-18-27(30)34(38-35)24-13-5-8-17-33(24)40-21/h3-17,19-20H,18H2,1-2H3. The van der Waals surface area contributed by atoms with E-state index in [2.05, 4.69) is 91.2 Å². The van der Waals surface area contributed by atoms with Crippen LogP contribution in [0.25, 0.3) is 56.2 Å². The van der Waals surface area contributed by atoms with Crippen molar-refractivity contribution in [3.05, 3.63) is 125 Å². The molecule has 4 aromatic carbocycles. The largest absolute Gasteiger partial charge is 0.461 e. The van der Waals surface area contributed by atoms with Crippen molar-refractivity contribution in [2.45, 2.75) is 25.7 Å². The number of ether oxygens (including phenoxy) is 1. The summed E-state index contributed by atoms with van der Waals surface area (Å²) in [6.07, 6.45) is 6.82. The zero-order valence-electron chi connectivity index (χ0n) is 22.3. The second kappa shape index (κ2) is 7.57. The van der Waals surface area contributed by atoms with E-state index < -0.39 is 0 Å². The van der Waals surface area contributed by atoms with Crippen LogP contribution >= 0.6 is 0 Å². The highest BCUT2D eigenvalue weighted by atomic mass is 16.5. The molecule has 0 saturated heterocycles. The summed E-state index contributed by atoms with van der Waals surface area (Å²) >= 11 is 0. The third-order valence-electron chi connectivity index (χ3n) is 8.87. The topological polar surface area (TPSA) is 39.9 Å². The highest BCUT2D eigenvalue weighted by Crippen LogP contribution is 2.51. The van der Waals surface area contributed by atoms with Crippen molar-refractivity contribution in [3.8, 4) is 34.1 Å². The van der Waals surface area contributed by atoms with Crippen LogP contribution in [0, 0.1) is 0 Å². The van der Waals surface area contributed by atoms with E-state index in [-0.39, 0.29) is 5.41 Å². The lowest BCUT2D eigenvalue weighted by molar-refractivity contribution is 0.418. The Morgan fingerprint density at radius 2 is 1.55 bits per heavy atom. The van der Waals surface area contributed by atoms with Gasteiger partial charge in [-0.15, -0.1) is 0 Å². The number of nitrogens with zero attached hydrogens (tertiary/aromatic N) is 3. The lowest BCUT2D eigenvalue weighted by Crippen LogP contribution is -2.15. The lowest BCUT2D eigenvalue weighted by atomic mass is 9.82. The maximum absolute atomic E-state index is 6.32. The van der Waals surface area contributed by atoms with E-state index in [9.17, 15) is 0 Å². The fourth-order valence-corrected chi connectivity index (χ4v) is 6.94. The number of hydrogen-bond donors (Lipinski definition) is 0. The first-order chi connectivity index (χ1) is 19.6. The minimum absolute atomic E-state index is 0.0962. The quantitative estimate of drug-likeness (QED) is 0.221. The molecule has 0 saturated carbocycles. The molecular formula is C36H25N3O. The highest BCUT2D eigenvalue weighted by Gasteiger charge is 2.36. The molecule has 6 aromatic rings. The van der Waals surface area contributed by atoms with Gasteiger partial charge in [-0.3, -0.25) is 4.57 Å². The van der Waals surface area contributed by atoms with Crippen molar-refractivity contribution < 1.29 is 4.74 Å². The van der Waals surface area contributed by atoms with Gasteiger partial charge in [0.25, 0.3) is 0 Å². The van der Waals surface area contributed by atoms with E-state index in [1.54, 1.807) is 0 Å². The summed E-state index contributed by atoms with van der Waals surface area (Å²) in [6, 6.07) is 30.4. The molecule has 4 nitrogen and oxygen atoms in total. The minimum atomic E-state index is -0.0962. The van der Waals surface area contributed by atoms with Crippen molar-refractivity contribution in [2.75, 3.05) is 0 Å². The predicted octanol–water partition coefficient (Wildman–Crippen LogP) is 8.39. The summed E-state index contributed by atoms with van der Waals surface area (Å²) < 4.78 is 8.58. The van der Waals surface area contributed by atoms with Crippen molar-refractivity contribution in [1.29, 1.82) is 0 Å². The van der Waals surface area contributed by atoms with E-state index in [0.29, 0.717) is 12.4 Å². The molecule has 1 aliphatic heterocycles. The number of rotatable bonds is 1. The van der Waals surface area contributed by atoms with Gasteiger partial charge in [-0.1, -0.05) is 74.5 Å². The molecule has 0 fully saturated rings. The first kappa shape index (κ1) is 21.9. The Morgan fingerprint density at radius 3 is 2.48 bits per heavy atom. The molecule has 0 amide bonds. The Labute approximate surface area is 231 Å². The Kier molecular flexibility index (Phi) is 4.15. The Hall–Kier alpha value is -4.96. The summed E-state index contributed by atoms with van der Waals surface area (Å²) in [7, 11) is 0. The van der Waals surface area contributed by atoms with Crippen molar-refractivity contribution in [1.82, 2.24) is 14.5 Å². The van der Waals surface area contributed by atoms with Crippen molar-refractivity contribution in [3.63, 3.8) is 0 Å². The molecule has 4 heteroatoms. The van der Waals surface area contributed by atoms with E-state index >= 15 is 0 Å². The van der Waals surface area contributed by atoms with E-state index in [1.807, 2.05) is 30.4 Å². The molecule has 0 N–H and O–H groups in total. The molecular weight excluding hydrogens is 490 g/mol. The SMILES string of the molecule is CC1(C)c2ccccc2-c2cc3c4ccccc4n(-c4nc5c6c(n4)-c4ccccc4OC(=CC=C5)C6)c3cc21. The van der Waals surface area contributed by atoms with Gasteiger partial charge in [-0.05, 0) is 64.7 Å². The molecule has 9 rings (SSSR count). The molecule has 2 aromatic heterocycles. The second-order valence-corrected chi connectivity index (χ2v) is 11.4. The summed E-state index contributed by atoms with van der Waals surface area (Å²) in [4.78, 5) is 10.5. The van der Waals surface area contributed by atoms with E-state index in [1.165, 1.54) is 33.0 Å². The van der Waals surface area contributed by atoms with Crippen LogP contribution in [-0.4, -0.2) is 14.5 Å². The Bertz CT molecular complexity index is 2140. The van der Waals surface area contributed by atoms with Crippen molar-refractivity contribution in [2.24, 2.45) is 0 Å². The van der Waals surface area contributed by atoms with E-state index in [0.717, 1.165) is 45.1 Å². The van der Waals surface area contributed by atoms with Crippen LogP contribution in [0.3, 0.4) is 0 Å². The number of aromatic nitrogens is 3. The number of hydrogen-bond acceptors (Lipinski definition) is 3. The van der Waals surface area contributed by atoms with Gasteiger partial charge in [0.05, 0.1) is 22.4 Å². The van der Waals surface area contributed by atoms with Gasteiger partial charge in [-0.25, -0.2) is 9.97 Å². The first-order valence-corrected chi connectivity index (χ1v) is 13.8. The van der Waals surface area contributed by atoms with Crippen LogP contribution in [0.4, 0.5) is 0 Å².